The van der Waals surface area contributed by atoms with E-state index >= 15 is 0 Å². The summed E-state index contributed by atoms with van der Waals surface area (Å²) in [4.78, 5) is 0. The molecule has 7 nitrogen and oxygen atoms in total. The average Bonchev–Trinajstić information content (AvgIpc) is 4.39. The van der Waals surface area contributed by atoms with E-state index in [4.69, 9.17) is 4.42 Å². The molecule has 0 spiro atoms. The minimum Gasteiger partial charge on any atom is -0.454 e. The van der Waals surface area contributed by atoms with Crippen LogP contribution in [0.25, 0.3) is 132 Å². The largest absolute Gasteiger partial charge is 0.454 e. The van der Waals surface area contributed by atoms with Crippen LogP contribution in [0.15, 0.2) is 199 Å². The van der Waals surface area contributed by atoms with E-state index in [0.29, 0.717) is 33.9 Å². The van der Waals surface area contributed by atoms with Crippen molar-refractivity contribution in [2.24, 2.45) is 0 Å². The van der Waals surface area contributed by atoms with Crippen molar-refractivity contribution in [3.63, 3.8) is 0 Å². The predicted molar refractivity (Wildman–Crippen MR) is 318 cm³/mol. The topological polar surface area (TPSA) is 80.4 Å². The van der Waals surface area contributed by atoms with Gasteiger partial charge in [0.05, 0.1) is 66.9 Å². The number of para-hydroxylation sites is 7. The first-order valence-corrected chi connectivity index (χ1v) is 26.4. The zero-order valence-electron chi connectivity index (χ0n) is 43.6. The molecule has 0 N–H and O–H groups in total. The lowest BCUT2D eigenvalue weighted by molar-refractivity contribution is 0.591. The minimum atomic E-state index is -0.289. The summed E-state index contributed by atoms with van der Waals surface area (Å²) in [7, 11) is 0. The number of furan rings is 1. The lowest BCUT2D eigenvalue weighted by Crippen LogP contribution is -2.17. The van der Waals surface area contributed by atoms with Crippen molar-refractivity contribution < 1.29 is 4.42 Å². The number of rotatable bonds is 4. The third-order valence-corrected chi connectivity index (χ3v) is 16.3. The Kier molecular flexibility index (Phi) is 9.19. The van der Waals surface area contributed by atoms with Gasteiger partial charge in [-0.05, 0) is 82.6 Å². The first-order chi connectivity index (χ1) is 37.5. The summed E-state index contributed by atoms with van der Waals surface area (Å²) in [5.41, 5.74) is 13.7. The van der Waals surface area contributed by atoms with E-state index in [2.05, 4.69) is 260 Å². The lowest BCUT2D eigenvalue weighted by atomic mass is 9.82. The molecule has 77 heavy (non-hydrogen) atoms. The molecular weight excluding hydrogens is 941 g/mol. The quantitative estimate of drug-likeness (QED) is 0.176. The zero-order valence-corrected chi connectivity index (χ0v) is 43.6. The maximum atomic E-state index is 12.9. The van der Waals surface area contributed by atoms with Gasteiger partial charge in [0.25, 0.3) is 0 Å². The number of hydrogen-bond acceptors (Lipinski definition) is 3. The molecule has 0 aliphatic rings. The van der Waals surface area contributed by atoms with Crippen LogP contribution in [0.5, 0.6) is 0 Å². The summed E-state index contributed by atoms with van der Waals surface area (Å²) >= 11 is 0. The molecule has 5 heterocycles. The van der Waals surface area contributed by atoms with Crippen LogP contribution in [-0.4, -0.2) is 18.3 Å². The molecule has 366 valence electrons. The molecular formula is C70H50N6O. The molecule has 0 saturated carbocycles. The van der Waals surface area contributed by atoms with Crippen LogP contribution in [-0.2, 0) is 10.8 Å². The highest BCUT2D eigenvalue weighted by Crippen LogP contribution is 2.51. The summed E-state index contributed by atoms with van der Waals surface area (Å²) in [5.74, 6) is 0. The van der Waals surface area contributed by atoms with Gasteiger partial charge >= 0.3 is 0 Å². The Morgan fingerprint density at radius 3 is 1.08 bits per heavy atom. The van der Waals surface area contributed by atoms with Crippen molar-refractivity contribution in [2.45, 2.75) is 52.4 Å². The van der Waals surface area contributed by atoms with Crippen LogP contribution in [0.2, 0.25) is 0 Å². The van der Waals surface area contributed by atoms with Crippen molar-refractivity contribution in [3.8, 4) is 34.9 Å². The number of nitriles is 2. The predicted octanol–water partition coefficient (Wildman–Crippen LogP) is 18.3. The van der Waals surface area contributed by atoms with E-state index < -0.39 is 0 Å². The van der Waals surface area contributed by atoms with E-state index in [1.165, 1.54) is 11.1 Å². The van der Waals surface area contributed by atoms with E-state index in [9.17, 15) is 10.5 Å². The van der Waals surface area contributed by atoms with Crippen LogP contribution in [0.1, 0.15) is 63.8 Å². The van der Waals surface area contributed by atoms with Crippen LogP contribution in [0.4, 0.5) is 0 Å². The zero-order chi connectivity index (χ0) is 52.2. The molecule has 0 bridgehead atoms. The third kappa shape index (κ3) is 6.06. The van der Waals surface area contributed by atoms with Crippen molar-refractivity contribution in [1.82, 2.24) is 18.3 Å². The first kappa shape index (κ1) is 44.6. The molecule has 10 aromatic carbocycles. The highest BCUT2D eigenvalue weighted by atomic mass is 16.3. The SMILES string of the molecule is CC(C)(C)c1ccc2c(c1)c1cc(C(C)(C)C)c3c4ccccc4oc3c1n2-c1c(C#N)c(-n2c3ccccc3c3ccccc32)c(-n2c3ccccc3c3ccccc32)c(C#N)c1-n1c2ccccc2c2ccccc21. The van der Waals surface area contributed by atoms with Crippen molar-refractivity contribution in [2.75, 3.05) is 0 Å². The maximum Gasteiger partial charge on any atom is 0.160 e. The number of hydrogen-bond donors (Lipinski definition) is 0. The second-order valence-corrected chi connectivity index (χ2v) is 22.7. The molecule has 0 amide bonds. The van der Waals surface area contributed by atoms with Crippen molar-refractivity contribution >= 4 is 109 Å². The first-order valence-electron chi connectivity index (χ1n) is 26.4. The molecule has 7 heteroatoms. The van der Waals surface area contributed by atoms with Gasteiger partial charge < -0.3 is 22.7 Å². The van der Waals surface area contributed by atoms with Crippen molar-refractivity contribution in [3.05, 3.63) is 216 Å². The fourth-order valence-corrected chi connectivity index (χ4v) is 12.9. The molecule has 5 aromatic heterocycles. The molecule has 0 radical (unpaired) electrons. The van der Waals surface area contributed by atoms with Crippen LogP contribution in [0, 0.1) is 22.7 Å². The normalized spacial score (nSPS) is 12.5. The van der Waals surface area contributed by atoms with Crippen molar-refractivity contribution in [1.29, 1.82) is 10.5 Å². The molecule has 15 rings (SSSR count). The fraction of sp³-hybridized carbons (Fsp3) is 0.114. The summed E-state index contributed by atoms with van der Waals surface area (Å²) in [6, 6.07) is 74.0. The Hall–Kier alpha value is -9.82. The van der Waals surface area contributed by atoms with E-state index in [0.717, 1.165) is 109 Å². The van der Waals surface area contributed by atoms with Gasteiger partial charge in [-0.1, -0.05) is 175 Å². The number of fused-ring (bicyclic) bond motifs is 16. The summed E-state index contributed by atoms with van der Waals surface area (Å²) in [6.07, 6.45) is 0. The van der Waals surface area contributed by atoms with E-state index in [1.54, 1.807) is 0 Å². The smallest absolute Gasteiger partial charge is 0.160 e. The molecule has 0 fully saturated rings. The van der Waals surface area contributed by atoms with E-state index in [1.807, 2.05) is 6.07 Å². The Morgan fingerprint density at radius 1 is 0.351 bits per heavy atom. The van der Waals surface area contributed by atoms with Gasteiger partial charge in [-0.15, -0.1) is 0 Å². The second-order valence-electron chi connectivity index (χ2n) is 22.7. The number of nitrogens with zero attached hydrogens (tertiary/aromatic N) is 6. The molecule has 0 saturated heterocycles. The van der Waals surface area contributed by atoms with Gasteiger partial charge in [-0.25, -0.2) is 0 Å². The van der Waals surface area contributed by atoms with E-state index in [-0.39, 0.29) is 10.8 Å². The average molecular weight is 991 g/mol. The van der Waals surface area contributed by atoms with Crippen LogP contribution in [0.3, 0.4) is 0 Å². The summed E-state index contributed by atoms with van der Waals surface area (Å²) in [5, 5.41) is 36.0. The van der Waals surface area contributed by atoms with Gasteiger partial charge in [0.2, 0.25) is 0 Å². The molecule has 0 atom stereocenters. The Morgan fingerprint density at radius 2 is 0.701 bits per heavy atom. The Bertz CT molecular complexity index is 4990. The summed E-state index contributed by atoms with van der Waals surface area (Å²) < 4.78 is 16.4. The Balaban J connectivity index is 1.29. The lowest BCUT2D eigenvalue weighted by Gasteiger charge is -2.27. The van der Waals surface area contributed by atoms with Gasteiger partial charge in [-0.2, -0.15) is 10.5 Å². The van der Waals surface area contributed by atoms with Crippen LogP contribution < -0.4 is 0 Å². The highest BCUT2D eigenvalue weighted by molar-refractivity contribution is 6.24. The molecule has 0 unspecified atom stereocenters. The highest BCUT2D eigenvalue weighted by Gasteiger charge is 2.36. The fourth-order valence-electron chi connectivity index (χ4n) is 12.9. The van der Waals surface area contributed by atoms with Crippen LogP contribution >= 0.6 is 0 Å². The van der Waals surface area contributed by atoms with Gasteiger partial charge in [0, 0.05) is 53.9 Å². The Labute approximate surface area is 443 Å². The summed E-state index contributed by atoms with van der Waals surface area (Å²) in [6.45, 7) is 13.6. The monoisotopic (exact) mass is 990 g/mol. The second kappa shape index (κ2) is 15.9. The van der Waals surface area contributed by atoms with Gasteiger partial charge in [-0.3, -0.25) is 0 Å². The standard InChI is InChI=1S/C70H50N6O/c1-69(2,3)41-35-36-60-49(37-41)50-38-53(70(4,5)6)62-48-27-13-20-34-61(48)77-68(62)67(50)76(60)66-52(40-72)64(74-56-30-16-9-23-44(56)45-24-10-17-31-57(45)74)63(73-54-28-14-7-21-42(54)43-22-8-15-29-55(43)73)51(39-71)65(66)75-58-32-18-11-25-46(58)47-26-12-19-33-59(47)75/h7-38H,1-6H3. The molecule has 0 aliphatic carbocycles. The third-order valence-electron chi connectivity index (χ3n) is 16.3. The molecule has 15 aromatic rings. The van der Waals surface area contributed by atoms with Gasteiger partial charge in [0.15, 0.2) is 5.58 Å². The number of aromatic nitrogens is 4. The van der Waals surface area contributed by atoms with Gasteiger partial charge in [0.1, 0.15) is 28.8 Å². The number of benzene rings is 10. The maximum absolute atomic E-state index is 12.9. The minimum absolute atomic E-state index is 0.188. The molecule has 0 aliphatic heterocycles.